The van der Waals surface area contributed by atoms with Crippen molar-refractivity contribution < 1.29 is 0 Å². The zero-order valence-corrected chi connectivity index (χ0v) is 8.01. The van der Waals surface area contributed by atoms with Crippen molar-refractivity contribution in [3.05, 3.63) is 42.5 Å². The van der Waals surface area contributed by atoms with Crippen LogP contribution in [0.15, 0.2) is 36.9 Å². The Morgan fingerprint density at radius 1 is 1.14 bits per heavy atom. The van der Waals surface area contributed by atoms with Crippen LogP contribution in [0.25, 0.3) is 11.4 Å². The second kappa shape index (κ2) is 3.96. The average Bonchev–Trinajstić information content (AvgIpc) is 2.30. The van der Waals surface area contributed by atoms with E-state index in [0.717, 1.165) is 23.4 Å². The maximum Gasteiger partial charge on any atom is 0.160 e. The van der Waals surface area contributed by atoms with Gasteiger partial charge in [0.15, 0.2) is 5.82 Å². The Labute approximate surface area is 82.9 Å². The van der Waals surface area contributed by atoms with Gasteiger partial charge in [-0.05, 0) is 24.1 Å². The lowest BCUT2D eigenvalue weighted by molar-refractivity contribution is 1.05. The van der Waals surface area contributed by atoms with Gasteiger partial charge >= 0.3 is 0 Å². The first-order valence-corrected chi connectivity index (χ1v) is 4.61. The minimum atomic E-state index is 0.732. The predicted octanol–water partition coefficient (Wildman–Crippen LogP) is 2.10. The number of aryl methyl sites for hydroxylation is 1. The van der Waals surface area contributed by atoms with Crippen LogP contribution in [0.2, 0.25) is 0 Å². The van der Waals surface area contributed by atoms with Gasteiger partial charge < -0.3 is 0 Å². The maximum atomic E-state index is 4.27. The summed E-state index contributed by atoms with van der Waals surface area (Å²) in [5.74, 6) is 0.732. The molecule has 0 saturated carbocycles. The van der Waals surface area contributed by atoms with Gasteiger partial charge in [0.05, 0.1) is 0 Å². The highest BCUT2D eigenvalue weighted by molar-refractivity contribution is 5.52. The van der Waals surface area contributed by atoms with E-state index in [9.17, 15) is 0 Å². The summed E-state index contributed by atoms with van der Waals surface area (Å²) in [7, 11) is 0. The molecule has 0 spiro atoms. The second-order valence-corrected chi connectivity index (χ2v) is 3.01. The predicted molar refractivity (Wildman–Crippen MR) is 54.6 cm³/mol. The van der Waals surface area contributed by atoms with E-state index in [4.69, 9.17) is 0 Å². The lowest BCUT2D eigenvalue weighted by Gasteiger charge is -1.99. The Morgan fingerprint density at radius 2 is 1.93 bits per heavy atom. The van der Waals surface area contributed by atoms with Gasteiger partial charge in [0, 0.05) is 30.4 Å². The monoisotopic (exact) mass is 185 g/mol. The molecule has 0 bridgehead atoms. The van der Waals surface area contributed by atoms with Crippen LogP contribution in [-0.2, 0) is 6.42 Å². The third-order valence-electron chi connectivity index (χ3n) is 2.03. The van der Waals surface area contributed by atoms with Crippen molar-refractivity contribution in [2.24, 2.45) is 0 Å². The second-order valence-electron chi connectivity index (χ2n) is 3.01. The number of rotatable bonds is 2. The van der Waals surface area contributed by atoms with Crippen LogP contribution < -0.4 is 0 Å². The van der Waals surface area contributed by atoms with Gasteiger partial charge in [-0.1, -0.05) is 6.92 Å². The first kappa shape index (κ1) is 8.81. The highest BCUT2D eigenvalue weighted by Gasteiger charge is 1.99. The van der Waals surface area contributed by atoms with Crippen molar-refractivity contribution in [1.82, 2.24) is 15.0 Å². The molecule has 2 aromatic rings. The molecule has 0 N–H and O–H groups in total. The lowest BCUT2D eigenvalue weighted by atomic mass is 10.2. The average molecular weight is 185 g/mol. The molecule has 0 unspecified atom stereocenters. The number of pyridine rings is 1. The Morgan fingerprint density at radius 3 is 2.50 bits per heavy atom. The number of hydrogen-bond donors (Lipinski definition) is 0. The van der Waals surface area contributed by atoms with Crippen molar-refractivity contribution in [2.75, 3.05) is 0 Å². The summed E-state index contributed by atoms with van der Waals surface area (Å²) in [5.41, 5.74) is 2.10. The normalized spacial score (nSPS) is 10.1. The molecular weight excluding hydrogens is 174 g/mol. The zero-order valence-electron chi connectivity index (χ0n) is 8.01. The van der Waals surface area contributed by atoms with Crippen LogP contribution >= 0.6 is 0 Å². The molecule has 0 radical (unpaired) electrons. The minimum Gasteiger partial charge on any atom is -0.264 e. The fraction of sp³-hybridized carbons (Fsp3) is 0.182. The summed E-state index contributed by atoms with van der Waals surface area (Å²) >= 11 is 0. The van der Waals surface area contributed by atoms with Gasteiger partial charge in [-0.2, -0.15) is 0 Å². The zero-order chi connectivity index (χ0) is 9.80. The van der Waals surface area contributed by atoms with Gasteiger partial charge in [-0.15, -0.1) is 0 Å². The van der Waals surface area contributed by atoms with Crippen LogP contribution in [-0.4, -0.2) is 15.0 Å². The third kappa shape index (κ3) is 1.76. The molecular formula is C11H11N3. The first-order chi connectivity index (χ1) is 6.90. The molecule has 0 saturated heterocycles. The standard InChI is InChI=1S/C11H11N3/c1-2-9-6-13-11(14-7-9)10-4-3-5-12-8-10/h3-8H,2H2,1H3. The fourth-order valence-electron chi connectivity index (χ4n) is 1.18. The smallest absolute Gasteiger partial charge is 0.160 e. The van der Waals surface area contributed by atoms with E-state index in [2.05, 4.69) is 21.9 Å². The summed E-state index contributed by atoms with van der Waals surface area (Å²) < 4.78 is 0. The summed E-state index contributed by atoms with van der Waals surface area (Å²) in [6, 6.07) is 3.83. The molecule has 0 aromatic carbocycles. The molecule has 2 rings (SSSR count). The molecule has 3 heteroatoms. The van der Waals surface area contributed by atoms with Crippen molar-refractivity contribution in [1.29, 1.82) is 0 Å². The summed E-state index contributed by atoms with van der Waals surface area (Å²) in [5, 5.41) is 0. The van der Waals surface area contributed by atoms with E-state index in [0.29, 0.717) is 0 Å². The third-order valence-corrected chi connectivity index (χ3v) is 2.03. The first-order valence-electron chi connectivity index (χ1n) is 4.61. The lowest BCUT2D eigenvalue weighted by Crippen LogP contribution is -1.91. The minimum absolute atomic E-state index is 0.732. The van der Waals surface area contributed by atoms with E-state index in [1.807, 2.05) is 24.5 Å². The molecule has 0 fully saturated rings. The van der Waals surface area contributed by atoms with Crippen LogP contribution in [0.3, 0.4) is 0 Å². The fourth-order valence-corrected chi connectivity index (χ4v) is 1.18. The van der Waals surface area contributed by atoms with Crippen LogP contribution in [0.5, 0.6) is 0 Å². The van der Waals surface area contributed by atoms with Gasteiger partial charge in [-0.25, -0.2) is 9.97 Å². The molecule has 70 valence electrons. The van der Waals surface area contributed by atoms with E-state index >= 15 is 0 Å². The molecule has 0 amide bonds. The molecule has 3 nitrogen and oxygen atoms in total. The maximum absolute atomic E-state index is 4.27. The molecule has 2 heterocycles. The van der Waals surface area contributed by atoms with Crippen LogP contribution in [0.1, 0.15) is 12.5 Å². The van der Waals surface area contributed by atoms with Crippen molar-refractivity contribution in [3.63, 3.8) is 0 Å². The van der Waals surface area contributed by atoms with E-state index in [-0.39, 0.29) is 0 Å². The molecule has 0 aliphatic heterocycles. The van der Waals surface area contributed by atoms with Crippen LogP contribution in [0, 0.1) is 0 Å². The summed E-state index contributed by atoms with van der Waals surface area (Å²) in [6.45, 7) is 2.09. The molecule has 0 aliphatic carbocycles. The molecule has 0 aliphatic rings. The van der Waals surface area contributed by atoms with Gasteiger partial charge in [0.2, 0.25) is 0 Å². The Bertz CT molecular complexity index is 395. The number of hydrogen-bond acceptors (Lipinski definition) is 3. The van der Waals surface area contributed by atoms with Gasteiger partial charge in [-0.3, -0.25) is 4.98 Å². The van der Waals surface area contributed by atoms with Crippen molar-refractivity contribution in [2.45, 2.75) is 13.3 Å². The molecule has 0 atom stereocenters. The topological polar surface area (TPSA) is 38.7 Å². The van der Waals surface area contributed by atoms with Crippen LogP contribution in [0.4, 0.5) is 0 Å². The van der Waals surface area contributed by atoms with Gasteiger partial charge in [0.1, 0.15) is 0 Å². The van der Waals surface area contributed by atoms with Crippen molar-refractivity contribution in [3.8, 4) is 11.4 Å². The number of aromatic nitrogens is 3. The largest absolute Gasteiger partial charge is 0.264 e. The highest BCUT2D eigenvalue weighted by atomic mass is 14.9. The SMILES string of the molecule is CCc1cnc(-c2cccnc2)nc1. The summed E-state index contributed by atoms with van der Waals surface area (Å²) in [4.78, 5) is 12.6. The Kier molecular flexibility index (Phi) is 2.49. The van der Waals surface area contributed by atoms with E-state index in [1.54, 1.807) is 12.4 Å². The van der Waals surface area contributed by atoms with E-state index < -0.39 is 0 Å². The van der Waals surface area contributed by atoms with Crippen molar-refractivity contribution >= 4 is 0 Å². The van der Waals surface area contributed by atoms with Gasteiger partial charge in [0.25, 0.3) is 0 Å². The van der Waals surface area contributed by atoms with E-state index in [1.165, 1.54) is 0 Å². The Hall–Kier alpha value is -1.77. The molecule has 14 heavy (non-hydrogen) atoms. The highest BCUT2D eigenvalue weighted by Crippen LogP contribution is 2.11. The molecule has 2 aromatic heterocycles. The Balaban J connectivity index is 2.34. The number of nitrogens with zero attached hydrogens (tertiary/aromatic N) is 3. The quantitative estimate of drug-likeness (QED) is 0.719. The summed E-state index contributed by atoms with van der Waals surface area (Å²) in [6.07, 6.45) is 8.18.